The van der Waals surface area contributed by atoms with Crippen molar-refractivity contribution in [3.05, 3.63) is 7.05 Å². The van der Waals surface area contributed by atoms with Crippen LogP contribution in [0.3, 0.4) is 0 Å². The van der Waals surface area contributed by atoms with E-state index in [9.17, 15) is 0 Å². The van der Waals surface area contributed by atoms with Crippen molar-refractivity contribution in [2.75, 3.05) is 13.7 Å². The molecule has 3 atom stereocenters. The summed E-state index contributed by atoms with van der Waals surface area (Å²) in [5.74, 6) is 0. The molecule has 1 saturated heterocycles. The van der Waals surface area contributed by atoms with Gasteiger partial charge in [-0.25, -0.2) is 0 Å². The summed E-state index contributed by atoms with van der Waals surface area (Å²) in [6, 6.07) is 1.42. The lowest BCUT2D eigenvalue weighted by Gasteiger charge is -2.28. The van der Waals surface area contributed by atoms with Gasteiger partial charge in [0.2, 0.25) is 0 Å². The van der Waals surface area contributed by atoms with Gasteiger partial charge in [-0.05, 0) is 6.42 Å². The Kier molecular flexibility index (Phi) is 3.34. The van der Waals surface area contributed by atoms with E-state index in [1.165, 1.54) is 24.2 Å². The summed E-state index contributed by atoms with van der Waals surface area (Å²) in [6.07, 6.45) is 3.85. The zero-order valence-electron chi connectivity index (χ0n) is 7.60. The highest BCUT2D eigenvalue weighted by molar-refractivity contribution is 4.69. The molecule has 1 N–H and O–H groups in total. The van der Waals surface area contributed by atoms with Crippen LogP contribution in [0.4, 0.5) is 0 Å². The van der Waals surface area contributed by atoms with Crippen molar-refractivity contribution in [1.29, 1.82) is 0 Å². The van der Waals surface area contributed by atoms with E-state index in [4.69, 9.17) is 4.74 Å². The van der Waals surface area contributed by atoms with Crippen molar-refractivity contribution >= 4 is 0 Å². The molecule has 1 rings (SSSR count). The molecule has 11 heavy (non-hydrogen) atoms. The summed E-state index contributed by atoms with van der Waals surface area (Å²) in [6.45, 7) is 3.11. The molecule has 2 nitrogen and oxygen atoms in total. The second kappa shape index (κ2) is 4.07. The fourth-order valence-corrected chi connectivity index (χ4v) is 1.96. The fraction of sp³-hybridized carbons (Fsp3) is 0.889. The van der Waals surface area contributed by atoms with Gasteiger partial charge in [-0.1, -0.05) is 6.92 Å². The molecule has 0 saturated carbocycles. The molecule has 66 valence electrons. The SMILES string of the molecule is [CH2-][NH+]1[C@@H](CC)CC[C@H]1COC. The summed E-state index contributed by atoms with van der Waals surface area (Å²) >= 11 is 0. The van der Waals surface area contributed by atoms with Crippen LogP contribution in [0.25, 0.3) is 0 Å². The van der Waals surface area contributed by atoms with Crippen LogP contribution in [0.15, 0.2) is 0 Å². The smallest absolute Gasteiger partial charge is 0.0959 e. The molecule has 0 amide bonds. The Morgan fingerprint density at radius 3 is 2.55 bits per heavy atom. The summed E-state index contributed by atoms with van der Waals surface area (Å²) in [7, 11) is 5.90. The maximum Gasteiger partial charge on any atom is 0.0959 e. The molecule has 1 aliphatic rings. The molecule has 1 aliphatic heterocycles. The number of nitrogens with one attached hydrogen (secondary N) is 1. The first kappa shape index (κ1) is 9.01. The van der Waals surface area contributed by atoms with Crippen molar-refractivity contribution in [1.82, 2.24) is 0 Å². The first-order chi connectivity index (χ1) is 5.29. The molecule has 0 aromatic carbocycles. The molecular formula is C9H19NO. The van der Waals surface area contributed by atoms with Crippen LogP contribution >= 0.6 is 0 Å². The zero-order chi connectivity index (χ0) is 8.27. The molecule has 0 spiro atoms. The monoisotopic (exact) mass is 157 g/mol. The minimum Gasteiger partial charge on any atom is -0.461 e. The van der Waals surface area contributed by atoms with Crippen LogP contribution in [0.1, 0.15) is 26.2 Å². The second-order valence-corrected chi connectivity index (χ2v) is 3.41. The highest BCUT2D eigenvalue weighted by Gasteiger charge is 2.28. The van der Waals surface area contributed by atoms with Gasteiger partial charge < -0.3 is 9.64 Å². The number of quaternary nitrogens is 1. The van der Waals surface area contributed by atoms with Gasteiger partial charge in [-0.2, -0.15) is 7.05 Å². The third-order valence-electron chi connectivity index (χ3n) is 2.77. The fourth-order valence-electron chi connectivity index (χ4n) is 1.96. The lowest BCUT2D eigenvalue weighted by molar-refractivity contribution is -0.892. The van der Waals surface area contributed by atoms with E-state index in [-0.39, 0.29) is 0 Å². The van der Waals surface area contributed by atoms with Gasteiger partial charge in [-0.15, -0.1) is 0 Å². The van der Waals surface area contributed by atoms with Crippen LogP contribution in [0.5, 0.6) is 0 Å². The van der Waals surface area contributed by atoms with Crippen LogP contribution in [0, 0.1) is 7.05 Å². The molecule has 0 aliphatic carbocycles. The number of methoxy groups -OCH3 is 1. The van der Waals surface area contributed by atoms with Crippen LogP contribution in [0.2, 0.25) is 0 Å². The molecule has 1 heterocycles. The van der Waals surface area contributed by atoms with Crippen LogP contribution in [-0.2, 0) is 4.74 Å². The molecule has 1 fully saturated rings. The van der Waals surface area contributed by atoms with E-state index in [2.05, 4.69) is 14.0 Å². The van der Waals surface area contributed by atoms with Gasteiger partial charge in [0.05, 0.1) is 18.7 Å². The summed E-state index contributed by atoms with van der Waals surface area (Å²) in [5, 5.41) is 0. The lowest BCUT2D eigenvalue weighted by Crippen LogP contribution is -3.12. The average Bonchev–Trinajstić information content (AvgIpc) is 2.34. The Balaban J connectivity index is 2.35. The summed E-state index contributed by atoms with van der Waals surface area (Å²) in [4.78, 5) is 1.43. The number of rotatable bonds is 3. The quantitative estimate of drug-likeness (QED) is 0.580. The third kappa shape index (κ3) is 1.94. The van der Waals surface area contributed by atoms with Gasteiger partial charge in [0.15, 0.2) is 0 Å². The normalized spacial score (nSPS) is 37.9. The maximum atomic E-state index is 5.13. The van der Waals surface area contributed by atoms with Gasteiger partial charge in [0.1, 0.15) is 0 Å². The zero-order valence-corrected chi connectivity index (χ0v) is 7.60. The first-order valence-electron chi connectivity index (χ1n) is 4.47. The lowest BCUT2D eigenvalue weighted by atomic mass is 10.1. The van der Waals surface area contributed by atoms with Crippen molar-refractivity contribution in [3.63, 3.8) is 0 Å². The average molecular weight is 157 g/mol. The maximum absolute atomic E-state index is 5.13. The van der Waals surface area contributed by atoms with E-state index < -0.39 is 0 Å². The molecule has 0 aromatic heterocycles. The van der Waals surface area contributed by atoms with E-state index in [1.54, 1.807) is 7.11 Å². The Labute approximate surface area is 69.5 Å². The number of likely N-dealkylation sites (tertiary alicyclic amines) is 1. The number of ether oxygens (including phenoxy) is 1. The van der Waals surface area contributed by atoms with Crippen LogP contribution in [-0.4, -0.2) is 25.8 Å². The Bertz CT molecular complexity index is 116. The first-order valence-corrected chi connectivity index (χ1v) is 4.47. The highest BCUT2D eigenvalue weighted by Crippen LogP contribution is 2.09. The van der Waals surface area contributed by atoms with Gasteiger partial charge in [0.25, 0.3) is 0 Å². The van der Waals surface area contributed by atoms with E-state index in [1.807, 2.05) is 0 Å². The summed E-state index contributed by atoms with van der Waals surface area (Å²) in [5.41, 5.74) is 0. The van der Waals surface area contributed by atoms with Gasteiger partial charge >= 0.3 is 0 Å². The molecule has 0 bridgehead atoms. The van der Waals surface area contributed by atoms with E-state index >= 15 is 0 Å². The summed E-state index contributed by atoms with van der Waals surface area (Å²) < 4.78 is 5.13. The number of hydrogen-bond acceptors (Lipinski definition) is 1. The second-order valence-electron chi connectivity index (χ2n) is 3.41. The minimum atomic E-state index is 0.643. The van der Waals surface area contributed by atoms with Crippen molar-refractivity contribution in [2.45, 2.75) is 38.3 Å². The largest absolute Gasteiger partial charge is 0.461 e. The molecule has 0 radical (unpaired) electrons. The van der Waals surface area contributed by atoms with Gasteiger partial charge in [-0.3, -0.25) is 0 Å². The van der Waals surface area contributed by atoms with E-state index in [0.29, 0.717) is 6.04 Å². The highest BCUT2D eigenvalue weighted by atomic mass is 16.5. The topological polar surface area (TPSA) is 13.7 Å². The van der Waals surface area contributed by atoms with E-state index in [0.717, 1.165) is 12.6 Å². The van der Waals surface area contributed by atoms with Crippen molar-refractivity contribution in [3.8, 4) is 0 Å². The molecule has 2 heteroatoms. The number of hydrogen-bond donors (Lipinski definition) is 1. The van der Waals surface area contributed by atoms with Crippen LogP contribution < -0.4 is 4.90 Å². The van der Waals surface area contributed by atoms with Crippen molar-refractivity contribution < 1.29 is 9.64 Å². The minimum absolute atomic E-state index is 0.643. The molecule has 0 aromatic rings. The van der Waals surface area contributed by atoms with Crippen molar-refractivity contribution in [2.24, 2.45) is 0 Å². The van der Waals surface area contributed by atoms with Gasteiger partial charge in [0, 0.05) is 20.0 Å². The predicted molar refractivity (Wildman–Crippen MR) is 45.3 cm³/mol. The third-order valence-corrected chi connectivity index (χ3v) is 2.77. The molecular weight excluding hydrogens is 138 g/mol. The molecule has 1 unspecified atom stereocenters. The Hall–Kier alpha value is -0.0800. The predicted octanol–water partition coefficient (Wildman–Crippen LogP) is 0.250. The standard InChI is InChI=1S/C9H19NO/c1-4-8-5-6-9(7-11-3)10(8)2/h8-10H,2,4-7H2,1,3H3/t8-,9-/m0/s1. The Morgan fingerprint density at radius 1 is 1.45 bits per heavy atom. The Morgan fingerprint density at radius 2 is 2.09 bits per heavy atom.